The van der Waals surface area contributed by atoms with Crippen molar-refractivity contribution in [3.8, 4) is 11.5 Å². The first-order valence-corrected chi connectivity index (χ1v) is 5.81. The molecule has 0 aliphatic carbocycles. The molecule has 3 nitrogen and oxygen atoms in total. The Kier molecular flexibility index (Phi) is 2.76. The molecule has 0 fully saturated rings. The van der Waals surface area contributed by atoms with Gasteiger partial charge in [0.1, 0.15) is 5.52 Å². The van der Waals surface area contributed by atoms with Crippen LogP contribution in [0, 0.1) is 5.82 Å². The lowest BCUT2D eigenvalue weighted by molar-refractivity contribution is 0.446. The Morgan fingerprint density at radius 2 is 1.84 bits per heavy atom. The number of benzene rings is 2. The summed E-state index contributed by atoms with van der Waals surface area (Å²) in [5, 5.41) is 0.941. The molecule has 0 saturated carbocycles. The molecule has 0 bridgehead atoms. The fourth-order valence-electron chi connectivity index (χ4n) is 1.88. The van der Waals surface area contributed by atoms with Crippen molar-refractivity contribution >= 4 is 16.6 Å². The van der Waals surface area contributed by atoms with Gasteiger partial charge >= 0.3 is 0 Å². The minimum Gasteiger partial charge on any atom is -0.452 e. The van der Waals surface area contributed by atoms with E-state index < -0.39 is 5.82 Å². The number of nitrogens with zero attached hydrogens (tertiary/aromatic N) is 1. The smallest absolute Gasteiger partial charge is 0.167 e. The molecule has 0 amide bonds. The van der Waals surface area contributed by atoms with Crippen LogP contribution >= 0.6 is 0 Å². The maximum Gasteiger partial charge on any atom is 0.167 e. The summed E-state index contributed by atoms with van der Waals surface area (Å²) in [5.41, 5.74) is 6.56. The first-order valence-electron chi connectivity index (χ1n) is 5.81. The molecule has 1 heterocycles. The van der Waals surface area contributed by atoms with E-state index in [1.54, 1.807) is 18.3 Å². The number of aromatic nitrogens is 1. The lowest BCUT2D eigenvalue weighted by Crippen LogP contribution is -1.92. The van der Waals surface area contributed by atoms with Crippen LogP contribution in [0.1, 0.15) is 0 Å². The number of halogens is 1. The molecule has 0 spiro atoms. The van der Waals surface area contributed by atoms with E-state index in [2.05, 4.69) is 4.98 Å². The van der Waals surface area contributed by atoms with E-state index in [1.165, 1.54) is 12.1 Å². The highest BCUT2D eigenvalue weighted by atomic mass is 19.1. The molecule has 3 rings (SSSR count). The Labute approximate surface area is 109 Å². The predicted molar refractivity (Wildman–Crippen MR) is 72.6 cm³/mol. The van der Waals surface area contributed by atoms with Gasteiger partial charge in [-0.1, -0.05) is 18.2 Å². The number of rotatable bonds is 2. The van der Waals surface area contributed by atoms with Gasteiger partial charge in [0.25, 0.3) is 0 Å². The summed E-state index contributed by atoms with van der Waals surface area (Å²) in [6.07, 6.45) is 1.68. The Morgan fingerprint density at radius 1 is 1.00 bits per heavy atom. The molecule has 0 aliphatic rings. The fraction of sp³-hybridized carbons (Fsp3) is 0. The zero-order chi connectivity index (χ0) is 13.2. The van der Waals surface area contributed by atoms with Gasteiger partial charge in [0.05, 0.1) is 0 Å². The molecule has 19 heavy (non-hydrogen) atoms. The van der Waals surface area contributed by atoms with Crippen LogP contribution in [0.5, 0.6) is 11.5 Å². The van der Waals surface area contributed by atoms with Gasteiger partial charge in [0, 0.05) is 23.3 Å². The summed E-state index contributed by atoms with van der Waals surface area (Å²) in [6, 6.07) is 13.6. The zero-order valence-electron chi connectivity index (χ0n) is 10.0. The van der Waals surface area contributed by atoms with E-state index >= 15 is 0 Å². The number of hydrogen-bond donors (Lipinski definition) is 1. The molecule has 2 aromatic carbocycles. The van der Waals surface area contributed by atoms with Crippen molar-refractivity contribution in [2.45, 2.75) is 0 Å². The number of hydrogen-bond acceptors (Lipinski definition) is 3. The topological polar surface area (TPSA) is 48.1 Å². The zero-order valence-corrected chi connectivity index (χ0v) is 10.0. The van der Waals surface area contributed by atoms with Gasteiger partial charge < -0.3 is 10.5 Å². The van der Waals surface area contributed by atoms with Crippen LogP contribution in [0.4, 0.5) is 10.1 Å². The van der Waals surface area contributed by atoms with Crippen molar-refractivity contribution in [1.29, 1.82) is 0 Å². The molecule has 2 N–H and O–H groups in total. The number of nitrogens with two attached hydrogens (primary N) is 1. The van der Waals surface area contributed by atoms with Gasteiger partial charge in [-0.15, -0.1) is 0 Å². The van der Waals surface area contributed by atoms with Crippen molar-refractivity contribution in [3.63, 3.8) is 0 Å². The second kappa shape index (κ2) is 4.57. The Bertz CT molecular complexity index is 738. The highest BCUT2D eigenvalue weighted by Crippen LogP contribution is 2.30. The second-order valence-corrected chi connectivity index (χ2v) is 4.12. The Hall–Kier alpha value is -2.62. The van der Waals surface area contributed by atoms with Crippen molar-refractivity contribution in [1.82, 2.24) is 4.98 Å². The number of fused-ring (bicyclic) bond motifs is 1. The van der Waals surface area contributed by atoms with Gasteiger partial charge in [-0.3, -0.25) is 4.98 Å². The number of para-hydroxylation sites is 1. The molecule has 0 atom stereocenters. The summed E-state index contributed by atoms with van der Waals surface area (Å²) in [6.45, 7) is 0. The molecule has 4 heteroatoms. The number of nitrogen functional groups attached to an aromatic ring is 1. The molecule has 0 aliphatic heterocycles. The van der Waals surface area contributed by atoms with Crippen LogP contribution in [-0.4, -0.2) is 4.98 Å². The van der Waals surface area contributed by atoms with Crippen molar-refractivity contribution in [2.75, 3.05) is 5.73 Å². The first kappa shape index (κ1) is 11.5. The van der Waals surface area contributed by atoms with Crippen molar-refractivity contribution in [2.24, 2.45) is 0 Å². The second-order valence-electron chi connectivity index (χ2n) is 4.12. The molecule has 1 aromatic heterocycles. The molecule has 3 aromatic rings. The average molecular weight is 254 g/mol. The van der Waals surface area contributed by atoms with Gasteiger partial charge in [-0.05, 0) is 24.3 Å². The van der Waals surface area contributed by atoms with Crippen molar-refractivity contribution < 1.29 is 9.13 Å². The van der Waals surface area contributed by atoms with Gasteiger partial charge in [-0.2, -0.15) is 0 Å². The van der Waals surface area contributed by atoms with Crippen LogP contribution in [0.3, 0.4) is 0 Å². The number of pyridine rings is 1. The van der Waals surface area contributed by atoms with E-state index in [1.807, 2.05) is 24.3 Å². The third kappa shape index (κ3) is 2.20. The summed E-state index contributed by atoms with van der Waals surface area (Å²) in [7, 11) is 0. The third-order valence-electron chi connectivity index (χ3n) is 2.77. The van der Waals surface area contributed by atoms with Gasteiger partial charge in [-0.25, -0.2) is 4.39 Å². The standard InChI is InChI=1S/C15H11FN2O/c16-12-9-11(17)6-7-13(12)19-14-5-1-3-10-4-2-8-18-15(10)14/h1-9H,17H2. The van der Waals surface area contributed by atoms with Gasteiger partial charge in [0.2, 0.25) is 0 Å². The van der Waals surface area contributed by atoms with E-state index in [0.29, 0.717) is 17.0 Å². The summed E-state index contributed by atoms with van der Waals surface area (Å²) >= 11 is 0. The van der Waals surface area contributed by atoms with Gasteiger partial charge in [0.15, 0.2) is 17.3 Å². The maximum absolute atomic E-state index is 13.7. The number of ether oxygens (including phenoxy) is 1. The van der Waals surface area contributed by atoms with Crippen molar-refractivity contribution in [3.05, 3.63) is 60.5 Å². The lowest BCUT2D eigenvalue weighted by atomic mass is 10.2. The minimum absolute atomic E-state index is 0.132. The SMILES string of the molecule is Nc1ccc(Oc2cccc3cccnc23)c(F)c1. The average Bonchev–Trinajstić information content (AvgIpc) is 2.42. The van der Waals surface area contributed by atoms with Crippen LogP contribution < -0.4 is 10.5 Å². The van der Waals surface area contributed by atoms with Crippen LogP contribution in [0.15, 0.2) is 54.7 Å². The quantitative estimate of drug-likeness (QED) is 0.708. The van der Waals surface area contributed by atoms with Crippen LogP contribution in [-0.2, 0) is 0 Å². The molecule has 0 saturated heterocycles. The monoisotopic (exact) mass is 254 g/mol. The predicted octanol–water partition coefficient (Wildman–Crippen LogP) is 3.75. The Morgan fingerprint density at radius 3 is 2.68 bits per heavy atom. The fourth-order valence-corrected chi connectivity index (χ4v) is 1.88. The highest BCUT2D eigenvalue weighted by Gasteiger charge is 2.08. The van der Waals surface area contributed by atoms with Crippen LogP contribution in [0.2, 0.25) is 0 Å². The van der Waals surface area contributed by atoms with Crippen LogP contribution in [0.25, 0.3) is 10.9 Å². The summed E-state index contributed by atoms with van der Waals surface area (Å²) in [5.74, 6) is 0.155. The van der Waals surface area contributed by atoms with E-state index in [-0.39, 0.29) is 5.75 Å². The summed E-state index contributed by atoms with van der Waals surface area (Å²) in [4.78, 5) is 4.25. The minimum atomic E-state index is -0.493. The lowest BCUT2D eigenvalue weighted by Gasteiger charge is -2.09. The van der Waals surface area contributed by atoms with E-state index in [9.17, 15) is 4.39 Å². The Balaban J connectivity index is 2.06. The molecular weight excluding hydrogens is 243 g/mol. The largest absolute Gasteiger partial charge is 0.452 e. The third-order valence-corrected chi connectivity index (χ3v) is 2.77. The molecule has 0 radical (unpaired) electrons. The summed E-state index contributed by atoms with van der Waals surface area (Å²) < 4.78 is 19.3. The van der Waals surface area contributed by atoms with E-state index in [0.717, 1.165) is 5.39 Å². The first-order chi connectivity index (χ1) is 9.24. The maximum atomic E-state index is 13.7. The van der Waals surface area contributed by atoms with E-state index in [4.69, 9.17) is 10.5 Å². The number of anilines is 1. The molecule has 0 unspecified atom stereocenters. The highest BCUT2D eigenvalue weighted by molar-refractivity contribution is 5.84. The normalized spacial score (nSPS) is 10.6. The molecular formula is C15H11FN2O. The molecule has 94 valence electrons.